The van der Waals surface area contributed by atoms with Crippen LogP contribution in [-0.2, 0) is 4.74 Å². The van der Waals surface area contributed by atoms with E-state index in [2.05, 4.69) is 16.9 Å². The Hall–Kier alpha value is -3.48. The monoisotopic (exact) mass is 406 g/mol. The van der Waals surface area contributed by atoms with E-state index < -0.39 is 11.8 Å². The number of fused-ring (bicyclic) bond motifs is 2. The van der Waals surface area contributed by atoms with E-state index in [9.17, 15) is 9.18 Å². The van der Waals surface area contributed by atoms with Gasteiger partial charge in [0.15, 0.2) is 5.65 Å². The minimum absolute atomic E-state index is 0.129. The number of ether oxygens (including phenoxy) is 1. The van der Waals surface area contributed by atoms with Gasteiger partial charge in [-0.1, -0.05) is 44.4 Å². The van der Waals surface area contributed by atoms with E-state index in [1.54, 1.807) is 16.7 Å². The predicted octanol–water partition coefficient (Wildman–Crippen LogP) is 5.03. The van der Waals surface area contributed by atoms with Gasteiger partial charge in [-0.25, -0.2) is 19.2 Å². The van der Waals surface area contributed by atoms with Crippen LogP contribution in [0.2, 0.25) is 0 Å². The Morgan fingerprint density at radius 3 is 2.57 bits per heavy atom. The molecular weight excluding hydrogens is 383 g/mol. The molecule has 0 amide bonds. The van der Waals surface area contributed by atoms with E-state index in [1.165, 1.54) is 12.1 Å². The molecule has 0 aliphatic rings. The molecule has 154 valence electrons. The lowest BCUT2D eigenvalue weighted by Crippen LogP contribution is -2.10. The molecule has 2 aromatic heterocycles. The molecule has 0 aliphatic carbocycles. The summed E-state index contributed by atoms with van der Waals surface area (Å²) in [5.74, 6) is -0.833. The number of hydrogen-bond acceptors (Lipinski definition) is 5. The van der Waals surface area contributed by atoms with Gasteiger partial charge in [-0.2, -0.15) is 0 Å². The Labute approximate surface area is 173 Å². The number of para-hydroxylation sites is 2. The summed E-state index contributed by atoms with van der Waals surface area (Å²) >= 11 is 0. The number of unbranched alkanes of at least 4 members (excludes halogenated alkanes) is 3. The van der Waals surface area contributed by atoms with Crippen LogP contribution in [0.1, 0.15) is 43.0 Å². The zero-order valence-electron chi connectivity index (χ0n) is 16.8. The number of halogens is 1. The lowest BCUT2D eigenvalue weighted by Gasteiger charge is -2.08. The third kappa shape index (κ3) is 3.70. The highest BCUT2D eigenvalue weighted by Crippen LogP contribution is 2.31. The van der Waals surface area contributed by atoms with Crippen LogP contribution in [0.15, 0.2) is 48.5 Å². The number of nitrogens with zero attached hydrogens (tertiary/aromatic N) is 3. The molecule has 2 N–H and O–H groups in total. The minimum atomic E-state index is -0.547. The van der Waals surface area contributed by atoms with Gasteiger partial charge >= 0.3 is 5.97 Å². The number of anilines is 1. The lowest BCUT2D eigenvalue weighted by atomic mass is 10.2. The molecule has 0 unspecified atom stereocenters. The van der Waals surface area contributed by atoms with Gasteiger partial charge in [0.1, 0.15) is 22.7 Å². The number of carbonyl (C=O) groups is 1. The summed E-state index contributed by atoms with van der Waals surface area (Å²) < 4.78 is 20.9. The smallest absolute Gasteiger partial charge is 0.344 e. The van der Waals surface area contributed by atoms with E-state index in [0.717, 1.165) is 25.7 Å². The van der Waals surface area contributed by atoms with Crippen LogP contribution in [0.25, 0.3) is 27.9 Å². The van der Waals surface area contributed by atoms with Gasteiger partial charge < -0.3 is 10.5 Å². The molecule has 0 aliphatic heterocycles. The summed E-state index contributed by atoms with van der Waals surface area (Å²) in [5.41, 5.74) is 9.01. The van der Waals surface area contributed by atoms with Crippen molar-refractivity contribution in [3.63, 3.8) is 0 Å². The van der Waals surface area contributed by atoms with Crippen LogP contribution in [0.4, 0.5) is 10.2 Å². The fourth-order valence-electron chi connectivity index (χ4n) is 3.51. The fourth-order valence-corrected chi connectivity index (χ4v) is 3.51. The minimum Gasteiger partial charge on any atom is -0.462 e. The summed E-state index contributed by atoms with van der Waals surface area (Å²) in [6.07, 6.45) is 3.98. The van der Waals surface area contributed by atoms with Crippen molar-refractivity contribution in [2.75, 3.05) is 12.3 Å². The largest absolute Gasteiger partial charge is 0.462 e. The van der Waals surface area contributed by atoms with Crippen molar-refractivity contribution >= 4 is 34.0 Å². The first-order chi connectivity index (χ1) is 14.6. The van der Waals surface area contributed by atoms with Gasteiger partial charge in [-0.3, -0.25) is 4.57 Å². The van der Waals surface area contributed by atoms with Crippen LogP contribution in [0.3, 0.4) is 0 Å². The van der Waals surface area contributed by atoms with Crippen molar-refractivity contribution in [1.82, 2.24) is 14.5 Å². The Bertz CT molecular complexity index is 1220. The van der Waals surface area contributed by atoms with Crippen LogP contribution in [-0.4, -0.2) is 27.1 Å². The van der Waals surface area contributed by atoms with Crippen LogP contribution < -0.4 is 5.73 Å². The second kappa shape index (κ2) is 8.49. The van der Waals surface area contributed by atoms with Gasteiger partial charge in [0.2, 0.25) is 0 Å². The summed E-state index contributed by atoms with van der Waals surface area (Å²) in [6.45, 7) is 2.43. The van der Waals surface area contributed by atoms with Crippen LogP contribution in [0.5, 0.6) is 0 Å². The van der Waals surface area contributed by atoms with Gasteiger partial charge in [-0.15, -0.1) is 0 Å². The number of esters is 1. The van der Waals surface area contributed by atoms with E-state index in [1.807, 2.05) is 24.3 Å². The molecule has 2 heterocycles. The maximum absolute atomic E-state index is 13.9. The highest BCUT2D eigenvalue weighted by molar-refractivity contribution is 6.09. The van der Waals surface area contributed by atoms with Gasteiger partial charge in [0.25, 0.3) is 0 Å². The second-order valence-electron chi connectivity index (χ2n) is 7.16. The SMILES string of the molecule is CCCCCCOC(=O)c1c(N)n(-c2cccc(F)c2)c2nc3ccccc3nc12. The standard InChI is InChI=1S/C23H23FN4O2/c1-2-3-4-7-13-30-23(29)19-20-22(27-18-12-6-5-11-17(18)26-20)28(21(19)25)16-10-8-9-15(24)14-16/h5-6,8-12,14H,2-4,7,13,25H2,1H3. The lowest BCUT2D eigenvalue weighted by molar-refractivity contribution is 0.0501. The molecule has 30 heavy (non-hydrogen) atoms. The van der Waals surface area contributed by atoms with Crippen molar-refractivity contribution in [2.24, 2.45) is 0 Å². The summed E-state index contributed by atoms with van der Waals surface area (Å²) in [6, 6.07) is 13.3. The maximum Gasteiger partial charge on any atom is 0.344 e. The molecule has 4 aromatic rings. The average Bonchev–Trinajstić information content (AvgIpc) is 3.02. The van der Waals surface area contributed by atoms with Crippen molar-refractivity contribution in [3.8, 4) is 5.69 Å². The quantitative estimate of drug-likeness (QED) is 0.344. The third-order valence-corrected chi connectivity index (χ3v) is 5.00. The second-order valence-corrected chi connectivity index (χ2v) is 7.16. The van der Waals surface area contributed by atoms with Crippen molar-refractivity contribution in [3.05, 3.63) is 59.9 Å². The van der Waals surface area contributed by atoms with E-state index >= 15 is 0 Å². The Morgan fingerprint density at radius 1 is 1.07 bits per heavy atom. The molecule has 0 spiro atoms. The van der Waals surface area contributed by atoms with Crippen molar-refractivity contribution in [2.45, 2.75) is 32.6 Å². The number of hydrogen-bond donors (Lipinski definition) is 1. The molecule has 4 rings (SSSR count). The average molecular weight is 406 g/mol. The zero-order chi connectivity index (χ0) is 21.1. The number of benzene rings is 2. The first-order valence-electron chi connectivity index (χ1n) is 10.1. The summed E-state index contributed by atoms with van der Waals surface area (Å²) in [4.78, 5) is 22.2. The first kappa shape index (κ1) is 19.8. The van der Waals surface area contributed by atoms with Crippen LogP contribution >= 0.6 is 0 Å². The van der Waals surface area contributed by atoms with E-state index in [4.69, 9.17) is 10.5 Å². The molecule has 0 saturated heterocycles. The summed E-state index contributed by atoms with van der Waals surface area (Å²) in [5, 5.41) is 0. The molecule has 0 bridgehead atoms. The maximum atomic E-state index is 13.9. The Kier molecular flexibility index (Phi) is 5.61. The van der Waals surface area contributed by atoms with Gasteiger partial charge in [0, 0.05) is 0 Å². The molecule has 0 fully saturated rings. The fraction of sp³-hybridized carbons (Fsp3) is 0.261. The molecule has 0 atom stereocenters. The molecule has 2 aromatic carbocycles. The van der Waals surface area contributed by atoms with Gasteiger partial charge in [-0.05, 0) is 36.8 Å². The molecule has 7 heteroatoms. The molecule has 6 nitrogen and oxygen atoms in total. The zero-order valence-corrected chi connectivity index (χ0v) is 16.8. The normalized spacial score (nSPS) is 11.3. The Morgan fingerprint density at radius 2 is 1.83 bits per heavy atom. The van der Waals surface area contributed by atoms with Crippen molar-refractivity contribution in [1.29, 1.82) is 0 Å². The third-order valence-electron chi connectivity index (χ3n) is 5.00. The van der Waals surface area contributed by atoms with E-state index in [-0.39, 0.29) is 11.4 Å². The number of rotatable bonds is 7. The molecule has 0 saturated carbocycles. The number of carbonyl (C=O) groups excluding carboxylic acids is 1. The van der Waals surface area contributed by atoms with Gasteiger partial charge in [0.05, 0.1) is 23.3 Å². The Balaban J connectivity index is 1.84. The van der Waals surface area contributed by atoms with E-state index in [0.29, 0.717) is 34.5 Å². The molecular formula is C23H23FN4O2. The number of nitrogen functional groups attached to an aromatic ring is 1. The topological polar surface area (TPSA) is 83.0 Å². The number of nitrogens with two attached hydrogens (primary N) is 1. The highest BCUT2D eigenvalue weighted by Gasteiger charge is 2.26. The predicted molar refractivity (Wildman–Crippen MR) is 115 cm³/mol. The van der Waals surface area contributed by atoms with Crippen LogP contribution in [0, 0.1) is 5.82 Å². The van der Waals surface area contributed by atoms with Crippen molar-refractivity contribution < 1.29 is 13.9 Å². The summed E-state index contributed by atoms with van der Waals surface area (Å²) in [7, 11) is 0. The first-order valence-corrected chi connectivity index (χ1v) is 10.1. The number of aromatic nitrogens is 3. The highest BCUT2D eigenvalue weighted by atomic mass is 19.1. The molecule has 0 radical (unpaired) electrons.